The number of guanidine groups is 1. The minimum absolute atomic E-state index is 0. The predicted octanol–water partition coefficient (Wildman–Crippen LogP) is 4.23. The maximum absolute atomic E-state index is 13.6. The number of pyridine rings is 1. The van der Waals surface area contributed by atoms with E-state index in [0.717, 1.165) is 36.6 Å². The van der Waals surface area contributed by atoms with Gasteiger partial charge in [0.05, 0.1) is 12.2 Å². The third kappa shape index (κ3) is 5.79. The van der Waals surface area contributed by atoms with Crippen molar-refractivity contribution in [3.8, 4) is 5.88 Å². The molecule has 1 aliphatic carbocycles. The number of halogens is 3. The fourth-order valence-electron chi connectivity index (χ4n) is 2.74. The van der Waals surface area contributed by atoms with Gasteiger partial charge in [0.15, 0.2) is 5.96 Å². The number of nitrogens with one attached hydrogen (secondary N) is 1. The highest BCUT2D eigenvalue weighted by atomic mass is 127. The van der Waals surface area contributed by atoms with E-state index in [1.807, 2.05) is 6.07 Å². The van der Waals surface area contributed by atoms with Crippen LogP contribution in [0.3, 0.4) is 0 Å². The topological polar surface area (TPSA) is 72.5 Å². The molecule has 0 spiro atoms. The second kappa shape index (κ2) is 9.65. The molecule has 1 aliphatic rings. The number of rotatable bonds is 5. The molecular weight excluding hydrogens is 453 g/mol. The van der Waals surface area contributed by atoms with Gasteiger partial charge in [-0.15, -0.1) is 24.0 Å². The summed E-state index contributed by atoms with van der Waals surface area (Å²) in [5.74, 6) is -0.586. The van der Waals surface area contributed by atoms with Gasteiger partial charge in [-0.05, 0) is 49.4 Å². The van der Waals surface area contributed by atoms with E-state index in [0.29, 0.717) is 5.88 Å². The molecule has 0 saturated heterocycles. The van der Waals surface area contributed by atoms with E-state index in [9.17, 15) is 8.78 Å². The molecule has 3 N–H and O–H groups in total. The zero-order chi connectivity index (χ0) is 17.6. The SMILES string of the molecule is I.NC(=NCc1ccnc(OC2CCCC2)c1)Nc1cc(F)ccc1F. The van der Waals surface area contributed by atoms with Crippen LogP contribution in [0.2, 0.25) is 0 Å². The van der Waals surface area contributed by atoms with E-state index in [-0.39, 0.29) is 48.3 Å². The molecule has 1 saturated carbocycles. The summed E-state index contributed by atoms with van der Waals surface area (Å²) in [6, 6.07) is 6.72. The smallest absolute Gasteiger partial charge is 0.213 e. The normalized spacial score (nSPS) is 14.8. The zero-order valence-corrected chi connectivity index (χ0v) is 16.5. The molecule has 1 heterocycles. The van der Waals surface area contributed by atoms with E-state index in [1.54, 1.807) is 12.3 Å². The summed E-state index contributed by atoms with van der Waals surface area (Å²) >= 11 is 0. The molecule has 8 heteroatoms. The first-order chi connectivity index (χ1) is 12.1. The Balaban J connectivity index is 0.00000243. The highest BCUT2D eigenvalue weighted by Gasteiger charge is 2.17. The third-order valence-electron chi connectivity index (χ3n) is 4.01. The Morgan fingerprint density at radius 3 is 2.77 bits per heavy atom. The van der Waals surface area contributed by atoms with Crippen LogP contribution in [0, 0.1) is 11.6 Å². The van der Waals surface area contributed by atoms with E-state index < -0.39 is 11.6 Å². The fraction of sp³-hybridized carbons (Fsp3) is 0.333. The molecule has 0 atom stereocenters. The highest BCUT2D eigenvalue weighted by Crippen LogP contribution is 2.23. The van der Waals surface area contributed by atoms with Crippen molar-refractivity contribution in [3.05, 3.63) is 53.7 Å². The second-order valence-corrected chi connectivity index (χ2v) is 5.98. The van der Waals surface area contributed by atoms with E-state index in [2.05, 4.69) is 15.3 Å². The molecule has 5 nitrogen and oxygen atoms in total. The van der Waals surface area contributed by atoms with Crippen molar-refractivity contribution in [1.82, 2.24) is 4.98 Å². The van der Waals surface area contributed by atoms with Crippen LogP contribution < -0.4 is 15.8 Å². The van der Waals surface area contributed by atoms with Gasteiger partial charge in [0.2, 0.25) is 5.88 Å². The Labute approximate surface area is 168 Å². The summed E-state index contributed by atoms with van der Waals surface area (Å²) in [7, 11) is 0. The number of hydrogen-bond acceptors (Lipinski definition) is 3. The average Bonchev–Trinajstić information content (AvgIpc) is 3.10. The fourth-order valence-corrected chi connectivity index (χ4v) is 2.74. The molecule has 140 valence electrons. The third-order valence-corrected chi connectivity index (χ3v) is 4.01. The van der Waals surface area contributed by atoms with Gasteiger partial charge >= 0.3 is 0 Å². The lowest BCUT2D eigenvalue weighted by Gasteiger charge is -2.12. The molecule has 1 fully saturated rings. The summed E-state index contributed by atoms with van der Waals surface area (Å²) in [6.07, 6.45) is 6.38. The van der Waals surface area contributed by atoms with Gasteiger partial charge in [0.1, 0.15) is 17.7 Å². The lowest BCUT2D eigenvalue weighted by atomic mass is 10.2. The minimum atomic E-state index is -0.601. The van der Waals surface area contributed by atoms with Gasteiger partial charge in [-0.3, -0.25) is 0 Å². The maximum atomic E-state index is 13.6. The van der Waals surface area contributed by atoms with Crippen molar-refractivity contribution >= 4 is 35.6 Å². The molecule has 0 unspecified atom stereocenters. The Morgan fingerprint density at radius 2 is 2.00 bits per heavy atom. The number of nitrogens with zero attached hydrogens (tertiary/aromatic N) is 2. The maximum Gasteiger partial charge on any atom is 0.213 e. The summed E-state index contributed by atoms with van der Waals surface area (Å²) in [5, 5.41) is 2.56. The Morgan fingerprint density at radius 1 is 1.23 bits per heavy atom. The lowest BCUT2D eigenvalue weighted by molar-refractivity contribution is 0.201. The van der Waals surface area contributed by atoms with Gasteiger partial charge in [-0.2, -0.15) is 0 Å². The van der Waals surface area contributed by atoms with E-state index in [1.165, 1.54) is 12.8 Å². The van der Waals surface area contributed by atoms with Crippen molar-refractivity contribution in [2.45, 2.75) is 38.3 Å². The Hall–Kier alpha value is -1.97. The quantitative estimate of drug-likeness (QED) is 0.387. The number of ether oxygens (including phenoxy) is 1. The van der Waals surface area contributed by atoms with Crippen LogP contribution in [-0.4, -0.2) is 17.0 Å². The van der Waals surface area contributed by atoms with E-state index in [4.69, 9.17) is 10.5 Å². The van der Waals surface area contributed by atoms with Crippen molar-refractivity contribution in [2.75, 3.05) is 5.32 Å². The van der Waals surface area contributed by atoms with Crippen LogP contribution in [0.1, 0.15) is 31.2 Å². The van der Waals surface area contributed by atoms with Crippen molar-refractivity contribution in [3.63, 3.8) is 0 Å². The van der Waals surface area contributed by atoms with Gasteiger partial charge in [-0.1, -0.05) is 0 Å². The summed E-state index contributed by atoms with van der Waals surface area (Å²) in [6.45, 7) is 0.277. The number of hydrogen-bond donors (Lipinski definition) is 2. The van der Waals surface area contributed by atoms with Crippen LogP contribution in [0.5, 0.6) is 5.88 Å². The Kier molecular flexibility index (Phi) is 7.55. The van der Waals surface area contributed by atoms with Crippen molar-refractivity contribution in [2.24, 2.45) is 10.7 Å². The lowest BCUT2D eigenvalue weighted by Crippen LogP contribution is -2.23. The van der Waals surface area contributed by atoms with Gasteiger partial charge < -0.3 is 15.8 Å². The molecule has 0 bridgehead atoms. The number of nitrogens with two attached hydrogens (primary N) is 1. The highest BCUT2D eigenvalue weighted by molar-refractivity contribution is 14.0. The molecule has 1 aromatic heterocycles. The van der Waals surface area contributed by atoms with Crippen molar-refractivity contribution in [1.29, 1.82) is 0 Å². The van der Waals surface area contributed by atoms with Crippen LogP contribution >= 0.6 is 24.0 Å². The molecule has 0 amide bonds. The van der Waals surface area contributed by atoms with Crippen LogP contribution in [0.15, 0.2) is 41.5 Å². The molecule has 2 aromatic rings. The van der Waals surface area contributed by atoms with Gasteiger partial charge in [-0.25, -0.2) is 18.8 Å². The molecule has 0 aliphatic heterocycles. The molecule has 26 heavy (non-hydrogen) atoms. The van der Waals surface area contributed by atoms with Crippen LogP contribution in [-0.2, 0) is 6.54 Å². The first kappa shape index (κ1) is 20.3. The molecule has 1 aromatic carbocycles. The number of anilines is 1. The number of benzene rings is 1. The summed E-state index contributed by atoms with van der Waals surface area (Å²) in [4.78, 5) is 8.35. The Bertz CT molecular complexity index is 767. The average molecular weight is 474 g/mol. The predicted molar refractivity (Wildman–Crippen MR) is 108 cm³/mol. The minimum Gasteiger partial charge on any atom is -0.474 e. The standard InChI is InChI=1S/C18H20F2N4O.HI/c19-13-5-6-15(20)16(10-13)24-18(21)23-11-12-7-8-22-17(9-12)25-14-3-1-2-4-14;/h5-10,14H,1-4,11H2,(H3,21,23,24);1H. The van der Waals surface area contributed by atoms with Gasteiger partial charge in [0, 0.05) is 18.3 Å². The zero-order valence-electron chi connectivity index (χ0n) is 14.1. The summed E-state index contributed by atoms with van der Waals surface area (Å²) < 4.78 is 32.6. The van der Waals surface area contributed by atoms with Crippen LogP contribution in [0.25, 0.3) is 0 Å². The monoisotopic (exact) mass is 474 g/mol. The second-order valence-electron chi connectivity index (χ2n) is 5.98. The van der Waals surface area contributed by atoms with E-state index >= 15 is 0 Å². The van der Waals surface area contributed by atoms with Crippen LogP contribution in [0.4, 0.5) is 14.5 Å². The first-order valence-electron chi connectivity index (χ1n) is 8.24. The van der Waals surface area contributed by atoms with Gasteiger partial charge in [0.25, 0.3) is 0 Å². The molecule has 3 rings (SSSR count). The first-order valence-corrected chi connectivity index (χ1v) is 8.24. The largest absolute Gasteiger partial charge is 0.474 e. The summed E-state index contributed by atoms with van der Waals surface area (Å²) in [5.41, 5.74) is 6.56. The number of aromatic nitrogens is 1. The van der Waals surface area contributed by atoms with Crippen molar-refractivity contribution < 1.29 is 13.5 Å². The molecule has 0 radical (unpaired) electrons. The number of aliphatic imine (C=N–C) groups is 1. The molecular formula is C18H21F2IN4O.